The first-order valence-electron chi connectivity index (χ1n) is 7.79. The zero-order valence-corrected chi connectivity index (χ0v) is 12.8. The van der Waals surface area contributed by atoms with Gasteiger partial charge in [-0.3, -0.25) is 0 Å². The van der Waals surface area contributed by atoms with Crippen molar-refractivity contribution in [3.63, 3.8) is 0 Å². The maximum Gasteiger partial charge on any atom is 0.107 e. The van der Waals surface area contributed by atoms with Gasteiger partial charge in [0.15, 0.2) is 0 Å². The Morgan fingerprint density at radius 1 is 1.05 bits per heavy atom. The van der Waals surface area contributed by atoms with E-state index in [4.69, 9.17) is 4.98 Å². The van der Waals surface area contributed by atoms with E-state index < -0.39 is 0 Å². The Morgan fingerprint density at radius 3 is 2.62 bits per heavy atom. The molecule has 0 spiro atoms. The third kappa shape index (κ3) is 2.99. The highest BCUT2D eigenvalue weighted by atomic mass is 14.9. The summed E-state index contributed by atoms with van der Waals surface area (Å²) in [6.07, 6.45) is 3.14. The lowest BCUT2D eigenvalue weighted by molar-refractivity contribution is 0.664. The highest BCUT2D eigenvalue weighted by molar-refractivity contribution is 5.78. The summed E-state index contributed by atoms with van der Waals surface area (Å²) < 4.78 is 0. The van der Waals surface area contributed by atoms with Crippen molar-refractivity contribution in [1.29, 1.82) is 0 Å². The van der Waals surface area contributed by atoms with Crippen LogP contribution in [0.1, 0.15) is 43.1 Å². The molecule has 1 heterocycles. The molecular formula is C19H22N2. The third-order valence-corrected chi connectivity index (χ3v) is 4.21. The fraction of sp³-hybridized carbons (Fsp3) is 0.316. The number of imidazole rings is 1. The predicted octanol–water partition coefficient (Wildman–Crippen LogP) is 4.86. The minimum absolute atomic E-state index is 0.560. The summed E-state index contributed by atoms with van der Waals surface area (Å²) in [5.41, 5.74) is 5.04. The molecule has 1 aromatic heterocycles. The molecule has 0 aliphatic carbocycles. The molecule has 0 fully saturated rings. The van der Waals surface area contributed by atoms with Crippen LogP contribution in [0.2, 0.25) is 0 Å². The molecule has 0 radical (unpaired) electrons. The van der Waals surface area contributed by atoms with Crippen LogP contribution in [0.5, 0.6) is 0 Å². The smallest absolute Gasteiger partial charge is 0.107 e. The summed E-state index contributed by atoms with van der Waals surface area (Å²) in [7, 11) is 0. The second-order valence-electron chi connectivity index (χ2n) is 5.70. The summed E-state index contributed by atoms with van der Waals surface area (Å²) >= 11 is 0. The first-order valence-corrected chi connectivity index (χ1v) is 7.79. The Hall–Kier alpha value is -2.09. The van der Waals surface area contributed by atoms with E-state index in [1.54, 1.807) is 0 Å². The largest absolute Gasteiger partial charge is 0.342 e. The van der Waals surface area contributed by atoms with Crippen LogP contribution in [-0.4, -0.2) is 9.97 Å². The van der Waals surface area contributed by atoms with Gasteiger partial charge in [-0.05, 0) is 36.0 Å². The molecule has 0 saturated carbocycles. The summed E-state index contributed by atoms with van der Waals surface area (Å²) in [6.45, 7) is 4.47. The first kappa shape index (κ1) is 13.9. The average Bonchev–Trinajstić information content (AvgIpc) is 2.96. The highest BCUT2D eigenvalue weighted by Gasteiger charge is 2.09. The molecule has 3 aromatic rings. The molecule has 21 heavy (non-hydrogen) atoms. The van der Waals surface area contributed by atoms with Crippen LogP contribution in [-0.2, 0) is 12.8 Å². The minimum Gasteiger partial charge on any atom is -0.342 e. The van der Waals surface area contributed by atoms with Crippen molar-refractivity contribution in [2.45, 2.75) is 39.0 Å². The molecule has 1 unspecified atom stereocenters. The van der Waals surface area contributed by atoms with Gasteiger partial charge < -0.3 is 4.98 Å². The molecule has 2 nitrogen and oxygen atoms in total. The summed E-state index contributed by atoms with van der Waals surface area (Å²) in [5.74, 6) is 1.67. The number of aromatic nitrogens is 2. The highest BCUT2D eigenvalue weighted by Crippen LogP contribution is 2.22. The lowest BCUT2D eigenvalue weighted by Crippen LogP contribution is -1.97. The van der Waals surface area contributed by atoms with Gasteiger partial charge in [0.05, 0.1) is 11.0 Å². The van der Waals surface area contributed by atoms with Crippen molar-refractivity contribution < 1.29 is 0 Å². The van der Waals surface area contributed by atoms with Crippen LogP contribution in [0, 0.1) is 0 Å². The van der Waals surface area contributed by atoms with E-state index in [9.17, 15) is 0 Å². The van der Waals surface area contributed by atoms with Crippen LogP contribution in [0.3, 0.4) is 0 Å². The Morgan fingerprint density at radius 2 is 1.86 bits per heavy atom. The van der Waals surface area contributed by atoms with Crippen LogP contribution < -0.4 is 0 Å². The number of nitrogens with zero attached hydrogens (tertiary/aromatic N) is 1. The van der Waals surface area contributed by atoms with Gasteiger partial charge in [0.2, 0.25) is 0 Å². The Balaban J connectivity index is 1.74. The van der Waals surface area contributed by atoms with Crippen LogP contribution >= 0.6 is 0 Å². The quantitative estimate of drug-likeness (QED) is 0.709. The SMILES string of the molecule is CCc1cccc2[nH]c(CCC(C)c3ccccc3)nc12. The molecule has 2 heteroatoms. The molecule has 0 aliphatic heterocycles. The molecule has 1 atom stereocenters. The molecule has 0 saturated heterocycles. The molecule has 0 amide bonds. The van der Waals surface area contributed by atoms with Crippen molar-refractivity contribution >= 4 is 11.0 Å². The van der Waals surface area contributed by atoms with Gasteiger partial charge in [0, 0.05) is 6.42 Å². The van der Waals surface area contributed by atoms with E-state index in [2.05, 4.69) is 67.4 Å². The van der Waals surface area contributed by atoms with Gasteiger partial charge in [0.25, 0.3) is 0 Å². The van der Waals surface area contributed by atoms with Crippen LogP contribution in [0.15, 0.2) is 48.5 Å². The van der Waals surface area contributed by atoms with Gasteiger partial charge >= 0.3 is 0 Å². The molecular weight excluding hydrogens is 256 g/mol. The topological polar surface area (TPSA) is 28.7 Å². The number of hydrogen-bond donors (Lipinski definition) is 1. The zero-order chi connectivity index (χ0) is 14.7. The van der Waals surface area contributed by atoms with Crippen LogP contribution in [0.4, 0.5) is 0 Å². The fourth-order valence-electron chi connectivity index (χ4n) is 2.85. The molecule has 0 aliphatic rings. The molecule has 1 N–H and O–H groups in total. The number of hydrogen-bond acceptors (Lipinski definition) is 1. The van der Waals surface area contributed by atoms with Gasteiger partial charge in [-0.15, -0.1) is 0 Å². The number of aryl methyl sites for hydroxylation is 2. The Bertz CT molecular complexity index is 713. The maximum atomic E-state index is 4.79. The van der Waals surface area contributed by atoms with E-state index in [-0.39, 0.29) is 0 Å². The minimum atomic E-state index is 0.560. The second-order valence-corrected chi connectivity index (χ2v) is 5.70. The normalized spacial score (nSPS) is 12.7. The van der Waals surface area contributed by atoms with Crippen molar-refractivity contribution in [2.75, 3.05) is 0 Å². The van der Waals surface area contributed by atoms with Crippen molar-refractivity contribution in [2.24, 2.45) is 0 Å². The van der Waals surface area contributed by atoms with E-state index in [0.29, 0.717) is 5.92 Å². The molecule has 108 valence electrons. The average molecular weight is 278 g/mol. The van der Waals surface area contributed by atoms with Crippen molar-refractivity contribution in [1.82, 2.24) is 9.97 Å². The second kappa shape index (κ2) is 6.13. The number of fused-ring (bicyclic) bond motifs is 1. The summed E-state index contributed by atoms with van der Waals surface area (Å²) in [5, 5.41) is 0. The molecule has 0 bridgehead atoms. The van der Waals surface area contributed by atoms with Crippen molar-refractivity contribution in [3.05, 3.63) is 65.5 Å². The fourth-order valence-corrected chi connectivity index (χ4v) is 2.85. The maximum absolute atomic E-state index is 4.79. The third-order valence-electron chi connectivity index (χ3n) is 4.21. The van der Waals surface area contributed by atoms with Gasteiger partial charge in [0.1, 0.15) is 5.82 Å². The monoisotopic (exact) mass is 278 g/mol. The number of benzene rings is 2. The van der Waals surface area contributed by atoms with E-state index in [0.717, 1.165) is 36.1 Å². The molecule has 2 aromatic carbocycles. The van der Waals surface area contributed by atoms with E-state index >= 15 is 0 Å². The Labute approximate surface area is 126 Å². The van der Waals surface area contributed by atoms with Gasteiger partial charge in [-0.25, -0.2) is 4.98 Å². The lowest BCUT2D eigenvalue weighted by atomic mass is 9.96. The Kier molecular flexibility index (Phi) is 4.05. The number of nitrogens with one attached hydrogen (secondary N) is 1. The number of rotatable bonds is 5. The lowest BCUT2D eigenvalue weighted by Gasteiger charge is -2.10. The number of aromatic amines is 1. The predicted molar refractivity (Wildman–Crippen MR) is 88.6 cm³/mol. The summed E-state index contributed by atoms with van der Waals surface area (Å²) in [6, 6.07) is 17.1. The number of H-pyrrole nitrogens is 1. The molecule has 3 rings (SSSR count). The van der Waals surface area contributed by atoms with Gasteiger partial charge in [-0.2, -0.15) is 0 Å². The van der Waals surface area contributed by atoms with E-state index in [1.165, 1.54) is 11.1 Å². The van der Waals surface area contributed by atoms with E-state index in [1.807, 2.05) is 0 Å². The first-order chi connectivity index (χ1) is 10.3. The van der Waals surface area contributed by atoms with Crippen LogP contribution in [0.25, 0.3) is 11.0 Å². The van der Waals surface area contributed by atoms with Crippen molar-refractivity contribution in [3.8, 4) is 0 Å². The standard InChI is InChI=1S/C19H22N2/c1-3-15-10-7-11-17-19(15)21-18(20-17)13-12-14(2)16-8-5-4-6-9-16/h4-11,14H,3,12-13H2,1-2H3,(H,20,21). The number of para-hydroxylation sites is 1. The van der Waals surface area contributed by atoms with Gasteiger partial charge in [-0.1, -0.05) is 56.3 Å². The zero-order valence-electron chi connectivity index (χ0n) is 12.8. The summed E-state index contributed by atoms with van der Waals surface area (Å²) in [4.78, 5) is 8.26.